The maximum absolute atomic E-state index is 10.5. The number of carboxylic acid groups (broad SMARTS) is 1. The molecule has 0 fully saturated rings. The molecular weight excluding hydrogens is 251 g/mol. The Labute approximate surface area is 89.5 Å². The second-order valence-electron chi connectivity index (χ2n) is 2.75. The number of halogens is 1. The molecule has 0 radical (unpaired) electrons. The minimum atomic E-state index is -0.863. The van der Waals surface area contributed by atoms with Gasteiger partial charge < -0.3 is 5.11 Å². The highest BCUT2D eigenvalue weighted by Gasteiger charge is 2.02. The van der Waals surface area contributed by atoms with Crippen LogP contribution in [-0.2, 0) is 0 Å². The van der Waals surface area contributed by atoms with Crippen molar-refractivity contribution in [1.29, 1.82) is 0 Å². The first kappa shape index (κ1) is 12.6. The van der Waals surface area contributed by atoms with Gasteiger partial charge in [-0.15, -0.1) is 17.0 Å². The van der Waals surface area contributed by atoms with Crippen LogP contribution in [0.25, 0.3) is 0 Å². The van der Waals surface area contributed by atoms with Crippen molar-refractivity contribution in [3.8, 4) is 0 Å². The van der Waals surface area contributed by atoms with Crippen molar-refractivity contribution < 1.29 is 9.90 Å². The third-order valence-electron chi connectivity index (χ3n) is 1.63. The molecule has 0 aromatic heterocycles. The molecule has 0 aliphatic heterocycles. The van der Waals surface area contributed by atoms with Crippen LogP contribution in [0.5, 0.6) is 0 Å². The second kappa shape index (κ2) is 5.36. The Morgan fingerprint density at radius 2 is 1.69 bits per heavy atom. The summed E-state index contributed by atoms with van der Waals surface area (Å²) in [5.74, 6) is -0.863. The van der Waals surface area contributed by atoms with Crippen LogP contribution in [0.2, 0.25) is 0 Å². The van der Waals surface area contributed by atoms with E-state index in [9.17, 15) is 4.79 Å². The molecule has 1 aromatic carbocycles. The van der Waals surface area contributed by atoms with E-state index in [1.807, 2.05) is 12.1 Å². The molecule has 0 heterocycles. The quantitative estimate of drug-likeness (QED) is 0.831. The average molecular weight is 263 g/mol. The molecular formula is C9H12BrO2P. The lowest BCUT2D eigenvalue weighted by Gasteiger charge is -2.04. The van der Waals surface area contributed by atoms with Crippen LogP contribution in [-0.4, -0.2) is 24.4 Å². The lowest BCUT2D eigenvalue weighted by atomic mass is 10.2. The third-order valence-corrected chi connectivity index (χ3v) is 2.96. The van der Waals surface area contributed by atoms with E-state index < -0.39 is 5.97 Å². The number of carbonyl (C=O) groups is 1. The molecule has 0 aliphatic rings. The molecule has 1 N–H and O–H groups in total. The molecule has 0 unspecified atom stereocenters. The summed E-state index contributed by atoms with van der Waals surface area (Å²) in [4.78, 5) is 10.5. The number of hydrogen-bond donors (Lipinski definition) is 1. The first-order chi connectivity index (χ1) is 5.61. The van der Waals surface area contributed by atoms with Crippen molar-refractivity contribution in [2.24, 2.45) is 0 Å². The van der Waals surface area contributed by atoms with Crippen molar-refractivity contribution in [2.45, 2.75) is 0 Å². The third kappa shape index (κ3) is 3.45. The number of benzene rings is 1. The molecule has 0 saturated carbocycles. The van der Waals surface area contributed by atoms with E-state index in [0.717, 1.165) is 0 Å². The zero-order valence-electron chi connectivity index (χ0n) is 7.52. The summed E-state index contributed by atoms with van der Waals surface area (Å²) in [5.41, 5.74) is 0.357. The molecule has 4 heteroatoms. The minimum Gasteiger partial charge on any atom is -0.478 e. The van der Waals surface area contributed by atoms with E-state index in [-0.39, 0.29) is 24.9 Å². The van der Waals surface area contributed by atoms with E-state index in [4.69, 9.17) is 5.11 Å². The smallest absolute Gasteiger partial charge is 0.335 e. The van der Waals surface area contributed by atoms with E-state index >= 15 is 0 Å². The van der Waals surface area contributed by atoms with Gasteiger partial charge in [-0.3, -0.25) is 0 Å². The molecule has 0 amide bonds. The van der Waals surface area contributed by atoms with E-state index in [0.29, 0.717) is 5.56 Å². The highest BCUT2D eigenvalue weighted by Crippen LogP contribution is 2.22. The Morgan fingerprint density at radius 1 is 1.23 bits per heavy atom. The lowest BCUT2D eigenvalue weighted by Crippen LogP contribution is -2.02. The Hall–Kier alpha value is -0.400. The molecule has 13 heavy (non-hydrogen) atoms. The number of rotatable bonds is 2. The van der Waals surface area contributed by atoms with Crippen LogP contribution in [0.1, 0.15) is 10.4 Å². The SMILES string of the molecule is Br.CP(C)c1ccc(C(=O)O)cc1. The summed E-state index contributed by atoms with van der Waals surface area (Å²) in [7, 11) is -0.120. The van der Waals surface area contributed by atoms with Gasteiger partial charge in [0.25, 0.3) is 0 Å². The van der Waals surface area contributed by atoms with Crippen molar-refractivity contribution in [2.75, 3.05) is 13.3 Å². The molecule has 72 valence electrons. The Balaban J connectivity index is 0.00000144. The standard InChI is InChI=1S/C9H11O2P.BrH/c1-12(2)8-5-3-7(4-6-8)9(10)11;/h3-6H,1-2H3,(H,10,11);1H. The van der Waals surface area contributed by atoms with Crippen molar-refractivity contribution in [3.63, 3.8) is 0 Å². The second-order valence-corrected chi connectivity index (χ2v) is 5.05. The topological polar surface area (TPSA) is 37.3 Å². The number of carboxylic acids is 1. The maximum atomic E-state index is 10.5. The first-order valence-corrected chi connectivity index (χ1v) is 5.85. The summed E-state index contributed by atoms with van der Waals surface area (Å²) in [6.45, 7) is 4.29. The normalized spacial score (nSPS) is 9.46. The molecule has 2 nitrogen and oxygen atoms in total. The van der Waals surface area contributed by atoms with Crippen LogP contribution >= 0.6 is 24.9 Å². The molecule has 1 rings (SSSR count). The number of aromatic carboxylic acids is 1. The van der Waals surface area contributed by atoms with E-state index in [1.54, 1.807) is 12.1 Å². The van der Waals surface area contributed by atoms with Crippen LogP contribution in [0, 0.1) is 0 Å². The Morgan fingerprint density at radius 3 is 2.00 bits per heavy atom. The van der Waals surface area contributed by atoms with Crippen molar-refractivity contribution in [1.82, 2.24) is 0 Å². The summed E-state index contributed by atoms with van der Waals surface area (Å²) in [6, 6.07) is 7.07. The predicted octanol–water partition coefficient (Wildman–Crippen LogP) is 2.33. The fourth-order valence-electron chi connectivity index (χ4n) is 0.902. The summed E-state index contributed by atoms with van der Waals surface area (Å²) in [5, 5.41) is 9.85. The van der Waals surface area contributed by atoms with Crippen LogP contribution in [0.3, 0.4) is 0 Å². The molecule has 0 saturated heterocycles. The Kier molecular flexibility index (Phi) is 5.19. The van der Waals surface area contributed by atoms with Gasteiger partial charge in [0, 0.05) is 0 Å². The highest BCUT2D eigenvalue weighted by molar-refractivity contribution is 8.93. The van der Waals surface area contributed by atoms with Gasteiger partial charge in [0.15, 0.2) is 0 Å². The van der Waals surface area contributed by atoms with Gasteiger partial charge in [0.05, 0.1) is 5.56 Å². The molecule has 0 spiro atoms. The van der Waals surface area contributed by atoms with Crippen LogP contribution < -0.4 is 5.30 Å². The monoisotopic (exact) mass is 262 g/mol. The Bertz CT molecular complexity index is 282. The van der Waals surface area contributed by atoms with Crippen LogP contribution in [0.4, 0.5) is 0 Å². The lowest BCUT2D eigenvalue weighted by molar-refractivity contribution is 0.0697. The first-order valence-electron chi connectivity index (χ1n) is 3.62. The van der Waals surface area contributed by atoms with Gasteiger partial charge in [0.1, 0.15) is 0 Å². The van der Waals surface area contributed by atoms with Gasteiger partial charge in [-0.05, 0) is 30.8 Å². The number of hydrogen-bond acceptors (Lipinski definition) is 1. The van der Waals surface area contributed by atoms with E-state index in [1.165, 1.54) is 5.30 Å². The zero-order chi connectivity index (χ0) is 9.14. The van der Waals surface area contributed by atoms with Crippen molar-refractivity contribution in [3.05, 3.63) is 29.8 Å². The molecule has 0 atom stereocenters. The largest absolute Gasteiger partial charge is 0.478 e. The minimum absolute atomic E-state index is 0. The molecule has 1 aromatic rings. The van der Waals surface area contributed by atoms with Crippen LogP contribution in [0.15, 0.2) is 24.3 Å². The molecule has 0 bridgehead atoms. The zero-order valence-corrected chi connectivity index (χ0v) is 10.1. The van der Waals surface area contributed by atoms with E-state index in [2.05, 4.69) is 13.3 Å². The summed E-state index contributed by atoms with van der Waals surface area (Å²) >= 11 is 0. The maximum Gasteiger partial charge on any atom is 0.335 e. The van der Waals surface area contributed by atoms with Crippen molar-refractivity contribution >= 4 is 36.2 Å². The van der Waals surface area contributed by atoms with Gasteiger partial charge in [-0.2, -0.15) is 0 Å². The van der Waals surface area contributed by atoms with Gasteiger partial charge in [-0.25, -0.2) is 4.79 Å². The van der Waals surface area contributed by atoms with Gasteiger partial charge in [-0.1, -0.05) is 20.1 Å². The fourth-order valence-corrected chi connectivity index (χ4v) is 1.65. The molecule has 0 aliphatic carbocycles. The summed E-state index contributed by atoms with van der Waals surface area (Å²) in [6.07, 6.45) is 0. The van der Waals surface area contributed by atoms with Gasteiger partial charge >= 0.3 is 5.97 Å². The average Bonchev–Trinajstić information content (AvgIpc) is 2.04. The van der Waals surface area contributed by atoms with Gasteiger partial charge in [0.2, 0.25) is 0 Å². The highest BCUT2D eigenvalue weighted by atomic mass is 79.9. The summed E-state index contributed by atoms with van der Waals surface area (Å²) < 4.78 is 0. The fraction of sp³-hybridized carbons (Fsp3) is 0.222. The predicted molar refractivity (Wildman–Crippen MR) is 62.1 cm³/mol.